The van der Waals surface area contributed by atoms with Crippen molar-refractivity contribution in [3.63, 3.8) is 0 Å². The van der Waals surface area contributed by atoms with E-state index in [0.717, 1.165) is 11.6 Å². The number of aryl methyl sites for hydroxylation is 1. The van der Waals surface area contributed by atoms with Gasteiger partial charge in [0.15, 0.2) is 0 Å². The van der Waals surface area contributed by atoms with Crippen LogP contribution in [0, 0.1) is 0 Å². The van der Waals surface area contributed by atoms with Crippen LogP contribution in [0.2, 0.25) is 0 Å². The molecule has 0 fully saturated rings. The van der Waals surface area contributed by atoms with Crippen LogP contribution in [-0.2, 0) is 44.5 Å². The molecule has 12 nitrogen and oxygen atoms in total. The Morgan fingerprint density at radius 1 is 0.745 bits per heavy atom. The van der Waals surface area contributed by atoms with Crippen LogP contribution in [0.25, 0.3) is 6.08 Å². The van der Waals surface area contributed by atoms with Gasteiger partial charge in [-0.05, 0) is 73.7 Å². The van der Waals surface area contributed by atoms with E-state index in [1.165, 1.54) is 6.08 Å². The molecule has 0 radical (unpaired) electrons. The van der Waals surface area contributed by atoms with Gasteiger partial charge in [-0.25, -0.2) is 19.2 Å². The van der Waals surface area contributed by atoms with Crippen molar-refractivity contribution in [2.45, 2.75) is 46.0 Å². The first-order valence-corrected chi connectivity index (χ1v) is 15.0. The van der Waals surface area contributed by atoms with E-state index in [1.807, 2.05) is 6.92 Å². The quantitative estimate of drug-likeness (QED) is 0.0430. The molecule has 12 heteroatoms. The minimum absolute atomic E-state index is 0.0235. The first kappa shape index (κ1) is 37.8. The van der Waals surface area contributed by atoms with Crippen LogP contribution in [0.5, 0.6) is 17.2 Å². The molecule has 2 aromatic rings. The number of hydrogen-bond acceptors (Lipinski definition) is 12. The zero-order valence-electron chi connectivity index (χ0n) is 26.7. The molecule has 0 aliphatic rings. The molecule has 47 heavy (non-hydrogen) atoms. The molecule has 2 rings (SSSR count). The lowest BCUT2D eigenvalue weighted by molar-refractivity contribution is -0.146. The molecule has 252 valence electrons. The summed E-state index contributed by atoms with van der Waals surface area (Å²) in [6.45, 7) is 11.3. The Morgan fingerprint density at radius 3 is 2.11 bits per heavy atom. The van der Waals surface area contributed by atoms with Gasteiger partial charge in [0.1, 0.15) is 17.2 Å². The number of unbranched alkanes of at least 4 members (excludes halogenated alkanes) is 1. The Bertz CT molecular complexity index is 1410. The highest BCUT2D eigenvalue weighted by Gasteiger charge is 2.14. The van der Waals surface area contributed by atoms with E-state index in [1.54, 1.807) is 55.5 Å². The maximum absolute atomic E-state index is 12.5. The lowest BCUT2D eigenvalue weighted by atomic mass is 10.1. The lowest BCUT2D eigenvalue weighted by Gasteiger charge is -2.12. The molecule has 2 aromatic carbocycles. The van der Waals surface area contributed by atoms with Gasteiger partial charge < -0.3 is 33.2 Å². The van der Waals surface area contributed by atoms with Crippen molar-refractivity contribution in [3.8, 4) is 17.2 Å². The molecule has 0 aromatic heterocycles. The number of esters is 4. The lowest BCUT2D eigenvalue weighted by Crippen LogP contribution is -2.14. The third kappa shape index (κ3) is 15.4. The second kappa shape index (κ2) is 21.4. The first-order chi connectivity index (χ1) is 22.6. The van der Waals surface area contributed by atoms with E-state index in [2.05, 4.69) is 13.2 Å². The van der Waals surface area contributed by atoms with Crippen LogP contribution in [-0.4, -0.2) is 63.1 Å². The minimum atomic E-state index is -0.861. The smallest absolute Gasteiger partial charge is 0.493 e. The maximum Gasteiger partial charge on any atom is 0.513 e. The van der Waals surface area contributed by atoms with Gasteiger partial charge in [0.05, 0.1) is 39.5 Å². The summed E-state index contributed by atoms with van der Waals surface area (Å²) in [5.74, 6) is -1.06. The first-order valence-electron chi connectivity index (χ1n) is 15.0. The average Bonchev–Trinajstić information content (AvgIpc) is 3.06. The summed E-state index contributed by atoms with van der Waals surface area (Å²) in [6, 6.07) is 11.5. The molecule has 0 spiro atoms. The number of benzene rings is 2. The zero-order valence-corrected chi connectivity index (χ0v) is 26.7. The van der Waals surface area contributed by atoms with Gasteiger partial charge >= 0.3 is 30.0 Å². The van der Waals surface area contributed by atoms with Crippen molar-refractivity contribution < 1.29 is 57.1 Å². The highest BCUT2D eigenvalue weighted by Crippen LogP contribution is 2.25. The van der Waals surface area contributed by atoms with E-state index in [-0.39, 0.29) is 50.8 Å². The average molecular weight is 653 g/mol. The molecule has 0 amide bonds. The van der Waals surface area contributed by atoms with Gasteiger partial charge in [-0.2, -0.15) is 0 Å². The van der Waals surface area contributed by atoms with E-state index in [0.29, 0.717) is 42.7 Å². The Kier molecular flexibility index (Phi) is 17.2. The predicted octanol–water partition coefficient (Wildman–Crippen LogP) is 5.71. The molecular formula is C35H40O12. The number of carbonyl (C=O) groups excluding carboxylic acids is 5. The number of rotatable bonds is 20. The fourth-order valence-corrected chi connectivity index (χ4v) is 3.67. The monoisotopic (exact) mass is 652 g/mol. The van der Waals surface area contributed by atoms with Crippen molar-refractivity contribution in [3.05, 3.63) is 84.5 Å². The van der Waals surface area contributed by atoms with Gasteiger partial charge in [-0.15, -0.1) is 0 Å². The SMILES string of the molecule is C=CC(=O)OCCCCOC(=O)Oc1ccc(/C=C/C(=O)Oc2ccc(OCCCOC(=O)C(=C)CC(=O)OCC)cc2CC)cc1. The van der Waals surface area contributed by atoms with Crippen LogP contribution >= 0.6 is 0 Å². The van der Waals surface area contributed by atoms with Crippen LogP contribution in [0.1, 0.15) is 50.7 Å². The number of carbonyl (C=O) groups is 5. The highest BCUT2D eigenvalue weighted by atomic mass is 16.7. The van der Waals surface area contributed by atoms with Gasteiger partial charge in [0.2, 0.25) is 0 Å². The van der Waals surface area contributed by atoms with Crippen molar-refractivity contribution in [1.29, 1.82) is 0 Å². The van der Waals surface area contributed by atoms with Crippen molar-refractivity contribution in [2.75, 3.05) is 33.0 Å². The number of ether oxygens (including phenoxy) is 7. The molecule has 0 saturated heterocycles. The highest BCUT2D eigenvalue weighted by molar-refractivity contribution is 5.93. The molecule has 0 atom stereocenters. The fourth-order valence-electron chi connectivity index (χ4n) is 3.67. The molecule has 0 saturated carbocycles. The molecule has 0 bridgehead atoms. The van der Waals surface area contributed by atoms with Gasteiger partial charge in [-0.3, -0.25) is 4.79 Å². The molecule has 0 aliphatic carbocycles. The van der Waals surface area contributed by atoms with Crippen LogP contribution in [0.4, 0.5) is 4.79 Å². The van der Waals surface area contributed by atoms with Gasteiger partial charge in [-0.1, -0.05) is 32.2 Å². The summed E-state index contributed by atoms with van der Waals surface area (Å²) in [7, 11) is 0. The predicted molar refractivity (Wildman–Crippen MR) is 171 cm³/mol. The largest absolute Gasteiger partial charge is 0.513 e. The molecule has 0 aliphatic heterocycles. The summed E-state index contributed by atoms with van der Waals surface area (Å²) in [6.07, 6.45) is 4.85. The van der Waals surface area contributed by atoms with Gasteiger partial charge in [0.25, 0.3) is 0 Å². The Hall–Kier alpha value is -5.39. The summed E-state index contributed by atoms with van der Waals surface area (Å²) in [4.78, 5) is 58.7. The van der Waals surface area contributed by atoms with E-state index >= 15 is 0 Å². The summed E-state index contributed by atoms with van der Waals surface area (Å²) < 4.78 is 36.1. The third-order valence-electron chi connectivity index (χ3n) is 6.03. The Morgan fingerprint density at radius 2 is 1.43 bits per heavy atom. The third-order valence-corrected chi connectivity index (χ3v) is 6.03. The maximum atomic E-state index is 12.5. The minimum Gasteiger partial charge on any atom is -0.493 e. The van der Waals surface area contributed by atoms with Gasteiger partial charge in [0, 0.05) is 24.1 Å². The van der Waals surface area contributed by atoms with E-state index in [9.17, 15) is 24.0 Å². The van der Waals surface area contributed by atoms with Crippen LogP contribution in [0.15, 0.2) is 73.3 Å². The van der Waals surface area contributed by atoms with E-state index < -0.39 is 30.0 Å². The normalized spacial score (nSPS) is 10.4. The Labute approximate surface area is 273 Å². The summed E-state index contributed by atoms with van der Waals surface area (Å²) in [5, 5.41) is 0. The van der Waals surface area contributed by atoms with Crippen molar-refractivity contribution in [2.24, 2.45) is 0 Å². The summed E-state index contributed by atoms with van der Waals surface area (Å²) >= 11 is 0. The topological polar surface area (TPSA) is 150 Å². The van der Waals surface area contributed by atoms with E-state index in [4.69, 9.17) is 33.2 Å². The number of hydrogen-bond donors (Lipinski definition) is 0. The standard InChI is InChI=1S/C35H40O12/c1-5-27-24-29(42-21-10-22-44-34(39)25(4)23-33(38)41-7-3)16-17-30(27)47-32(37)18-13-26-11-14-28(15-12-26)46-35(40)45-20-9-8-19-43-31(36)6-2/h6,11-18,24H,2,4-5,7-10,19-23H2,1,3H3/b18-13+. The van der Waals surface area contributed by atoms with Crippen molar-refractivity contribution >= 4 is 36.1 Å². The van der Waals surface area contributed by atoms with Crippen molar-refractivity contribution in [1.82, 2.24) is 0 Å². The zero-order chi connectivity index (χ0) is 34.4. The molecule has 0 N–H and O–H groups in total. The second-order valence-corrected chi connectivity index (χ2v) is 9.65. The molecular weight excluding hydrogens is 612 g/mol. The van der Waals surface area contributed by atoms with Crippen LogP contribution in [0.3, 0.4) is 0 Å². The Balaban J connectivity index is 1.73. The second-order valence-electron chi connectivity index (χ2n) is 9.65. The molecule has 0 heterocycles. The van der Waals surface area contributed by atoms with Crippen LogP contribution < -0.4 is 14.2 Å². The summed E-state index contributed by atoms with van der Waals surface area (Å²) in [5.41, 5.74) is 1.45. The fraction of sp³-hybridized carbons (Fsp3) is 0.343. The molecule has 0 unspecified atom stereocenters.